The van der Waals surface area contributed by atoms with E-state index in [0.29, 0.717) is 24.0 Å². The molecule has 0 unspecified atom stereocenters. The molecule has 1 N–H and O–H groups in total. The highest BCUT2D eigenvalue weighted by atomic mass is 16.5. The zero-order chi connectivity index (χ0) is 17.8. The Bertz CT molecular complexity index is 696. The van der Waals surface area contributed by atoms with Crippen LogP contribution < -0.4 is 9.47 Å². The third-order valence-corrected chi connectivity index (χ3v) is 5.05. The van der Waals surface area contributed by atoms with Crippen molar-refractivity contribution >= 4 is 0 Å². The van der Waals surface area contributed by atoms with Crippen LogP contribution in [0.25, 0.3) is 0 Å². The van der Waals surface area contributed by atoms with Crippen LogP contribution in [0.1, 0.15) is 22.8 Å². The fourth-order valence-electron chi connectivity index (χ4n) is 3.58. The summed E-state index contributed by atoms with van der Waals surface area (Å²) in [6.45, 7) is 2.85. The molecule has 0 saturated carbocycles. The molecule has 4 nitrogen and oxygen atoms in total. The number of rotatable bonds is 6. The molecule has 0 spiro atoms. The summed E-state index contributed by atoms with van der Waals surface area (Å²) in [4.78, 5) is 0. The number of aliphatic hydroxyl groups is 1. The Morgan fingerprint density at radius 3 is 2.40 bits per heavy atom. The molecule has 1 saturated heterocycles. The predicted molar refractivity (Wildman–Crippen MR) is 97.2 cm³/mol. The molecule has 0 amide bonds. The van der Waals surface area contributed by atoms with Crippen molar-refractivity contribution in [1.82, 2.24) is 0 Å². The first-order valence-corrected chi connectivity index (χ1v) is 8.66. The molecule has 2 aromatic carbocycles. The Hall–Kier alpha value is -2.04. The van der Waals surface area contributed by atoms with Gasteiger partial charge in [-0.2, -0.15) is 0 Å². The second kappa shape index (κ2) is 7.89. The topological polar surface area (TPSA) is 47.9 Å². The van der Waals surface area contributed by atoms with Gasteiger partial charge in [-0.1, -0.05) is 35.9 Å². The molecular weight excluding hydrogens is 316 g/mol. The summed E-state index contributed by atoms with van der Waals surface area (Å²) in [5, 5.41) is 9.98. The number of hydrogen-bond donors (Lipinski definition) is 1. The maximum Gasteiger partial charge on any atom is 0.161 e. The van der Waals surface area contributed by atoms with Crippen molar-refractivity contribution in [3.63, 3.8) is 0 Å². The van der Waals surface area contributed by atoms with E-state index in [-0.39, 0.29) is 18.6 Å². The summed E-state index contributed by atoms with van der Waals surface area (Å²) >= 11 is 0. The van der Waals surface area contributed by atoms with Gasteiger partial charge < -0.3 is 19.3 Å². The lowest BCUT2D eigenvalue weighted by Gasteiger charge is -2.22. The first-order valence-electron chi connectivity index (χ1n) is 8.66. The predicted octanol–water partition coefficient (Wildman–Crippen LogP) is 3.55. The minimum atomic E-state index is -0.125. The van der Waals surface area contributed by atoms with Gasteiger partial charge in [-0.3, -0.25) is 0 Å². The molecule has 1 fully saturated rings. The molecular formula is C21H26O4. The van der Waals surface area contributed by atoms with Crippen LogP contribution in [0.15, 0.2) is 42.5 Å². The van der Waals surface area contributed by atoms with E-state index in [1.807, 2.05) is 18.2 Å². The van der Waals surface area contributed by atoms with Crippen LogP contribution in [0.4, 0.5) is 0 Å². The van der Waals surface area contributed by atoms with Gasteiger partial charge in [0.05, 0.1) is 26.9 Å². The Labute approximate surface area is 149 Å². The first kappa shape index (κ1) is 17.8. The Kier molecular flexibility index (Phi) is 5.61. The molecule has 1 heterocycles. The summed E-state index contributed by atoms with van der Waals surface area (Å²) in [5.41, 5.74) is 3.56. The van der Waals surface area contributed by atoms with Gasteiger partial charge in [0.1, 0.15) is 0 Å². The Balaban J connectivity index is 1.78. The third-order valence-electron chi connectivity index (χ3n) is 5.05. The van der Waals surface area contributed by atoms with Crippen molar-refractivity contribution < 1.29 is 19.3 Å². The van der Waals surface area contributed by atoms with Crippen LogP contribution in [-0.4, -0.2) is 32.5 Å². The minimum Gasteiger partial charge on any atom is -0.493 e. The van der Waals surface area contributed by atoms with Crippen molar-refractivity contribution in [1.29, 1.82) is 0 Å². The lowest BCUT2D eigenvalue weighted by atomic mass is 9.84. The van der Waals surface area contributed by atoms with Crippen LogP contribution in [0.5, 0.6) is 11.5 Å². The van der Waals surface area contributed by atoms with Gasteiger partial charge >= 0.3 is 0 Å². The third kappa shape index (κ3) is 3.80. The van der Waals surface area contributed by atoms with E-state index < -0.39 is 0 Å². The molecule has 3 atom stereocenters. The average Bonchev–Trinajstić information content (AvgIpc) is 3.05. The maximum atomic E-state index is 9.98. The number of ether oxygens (including phenoxy) is 3. The van der Waals surface area contributed by atoms with Gasteiger partial charge in [-0.05, 0) is 42.5 Å². The summed E-state index contributed by atoms with van der Waals surface area (Å²) in [6.07, 6.45) is 0.787. The summed E-state index contributed by atoms with van der Waals surface area (Å²) in [7, 11) is 3.25. The standard InChI is InChI=1S/C21H26O4/c1-14-4-6-15(7-5-14)10-17-13-25-21(18(17)12-22)16-8-9-19(23-2)20(11-16)24-3/h4-9,11,17-18,21-22H,10,12-13H2,1-3H3/t17-,18-,21+/m0/s1. The Morgan fingerprint density at radius 2 is 1.76 bits per heavy atom. The van der Waals surface area contributed by atoms with Crippen LogP contribution in [0, 0.1) is 18.8 Å². The van der Waals surface area contributed by atoms with E-state index in [9.17, 15) is 5.11 Å². The van der Waals surface area contributed by atoms with Crippen molar-refractivity contribution in [2.45, 2.75) is 19.4 Å². The number of aliphatic hydroxyl groups excluding tert-OH is 1. The molecule has 25 heavy (non-hydrogen) atoms. The van der Waals surface area contributed by atoms with Gasteiger partial charge in [0, 0.05) is 12.5 Å². The first-order chi connectivity index (χ1) is 12.2. The SMILES string of the molecule is COc1ccc([C@H]2OC[C@H](Cc3ccc(C)cc3)[C@@H]2CO)cc1OC. The zero-order valence-electron chi connectivity index (χ0n) is 15.1. The molecule has 0 radical (unpaired) electrons. The highest BCUT2D eigenvalue weighted by molar-refractivity contribution is 5.44. The van der Waals surface area contributed by atoms with Gasteiger partial charge in [0.25, 0.3) is 0 Å². The van der Waals surface area contributed by atoms with E-state index in [0.717, 1.165) is 12.0 Å². The molecule has 4 heteroatoms. The second-order valence-corrected chi connectivity index (χ2v) is 6.66. The minimum absolute atomic E-state index is 0.0689. The number of benzene rings is 2. The van der Waals surface area contributed by atoms with Crippen LogP contribution >= 0.6 is 0 Å². The molecule has 0 bridgehead atoms. The summed E-state index contributed by atoms with van der Waals surface area (Å²) in [5.74, 6) is 1.74. The fourth-order valence-corrected chi connectivity index (χ4v) is 3.58. The van der Waals surface area contributed by atoms with Crippen molar-refractivity contribution in [3.8, 4) is 11.5 Å². The maximum absolute atomic E-state index is 9.98. The zero-order valence-corrected chi connectivity index (χ0v) is 15.1. The van der Waals surface area contributed by atoms with Crippen molar-refractivity contribution in [3.05, 3.63) is 59.2 Å². The van der Waals surface area contributed by atoms with E-state index in [1.54, 1.807) is 14.2 Å². The molecule has 134 valence electrons. The van der Waals surface area contributed by atoms with Crippen molar-refractivity contribution in [2.75, 3.05) is 27.4 Å². The quantitative estimate of drug-likeness (QED) is 0.872. The number of methoxy groups -OCH3 is 2. The molecule has 1 aliphatic heterocycles. The van der Waals surface area contributed by atoms with Crippen LogP contribution in [0.2, 0.25) is 0 Å². The van der Waals surface area contributed by atoms with E-state index in [1.165, 1.54) is 11.1 Å². The van der Waals surface area contributed by atoms with Gasteiger partial charge in [-0.25, -0.2) is 0 Å². The second-order valence-electron chi connectivity index (χ2n) is 6.66. The lowest BCUT2D eigenvalue weighted by molar-refractivity contribution is 0.0717. The average molecular weight is 342 g/mol. The lowest BCUT2D eigenvalue weighted by Crippen LogP contribution is -2.21. The van der Waals surface area contributed by atoms with Gasteiger partial charge in [0.15, 0.2) is 11.5 Å². The Morgan fingerprint density at radius 1 is 1.04 bits per heavy atom. The van der Waals surface area contributed by atoms with Crippen molar-refractivity contribution in [2.24, 2.45) is 11.8 Å². The largest absolute Gasteiger partial charge is 0.493 e. The smallest absolute Gasteiger partial charge is 0.161 e. The van der Waals surface area contributed by atoms with E-state index in [4.69, 9.17) is 14.2 Å². The highest BCUT2D eigenvalue weighted by Gasteiger charge is 2.37. The van der Waals surface area contributed by atoms with Crippen LogP contribution in [0.3, 0.4) is 0 Å². The summed E-state index contributed by atoms with van der Waals surface area (Å²) in [6, 6.07) is 14.4. The number of hydrogen-bond acceptors (Lipinski definition) is 4. The molecule has 3 rings (SSSR count). The normalized spacial score (nSPS) is 22.8. The van der Waals surface area contributed by atoms with E-state index >= 15 is 0 Å². The monoisotopic (exact) mass is 342 g/mol. The highest BCUT2D eigenvalue weighted by Crippen LogP contribution is 2.42. The van der Waals surface area contributed by atoms with Gasteiger partial charge in [-0.15, -0.1) is 0 Å². The summed E-state index contributed by atoms with van der Waals surface area (Å²) < 4.78 is 16.8. The van der Waals surface area contributed by atoms with E-state index in [2.05, 4.69) is 31.2 Å². The molecule has 0 aliphatic carbocycles. The molecule has 0 aromatic heterocycles. The van der Waals surface area contributed by atoms with Gasteiger partial charge in [0.2, 0.25) is 0 Å². The molecule has 2 aromatic rings. The fraction of sp³-hybridized carbons (Fsp3) is 0.429. The van der Waals surface area contributed by atoms with Crippen LogP contribution in [-0.2, 0) is 11.2 Å². The molecule has 1 aliphatic rings. The number of aryl methyl sites for hydroxylation is 1.